The average Bonchev–Trinajstić information content (AvgIpc) is 3.19. The molecule has 4 rings (SSSR count). The molecule has 1 saturated carbocycles. The standard InChI is InChI=1S/C28H45ClN4O3Si/c1-7-31-12-13-32(20(2)18-31)24-17-25-23(16-22(24)29)30-27(33(25)19-36-14-15-37(4,5)6)26(35)28(3)10-8-21(34)9-11-28/h16-17,20-21,34H,7-15,18-19H2,1-6H3. The van der Waals surface area contributed by atoms with Gasteiger partial charge in [0.15, 0.2) is 5.82 Å². The van der Waals surface area contributed by atoms with Crippen molar-refractivity contribution in [3.63, 3.8) is 0 Å². The van der Waals surface area contributed by atoms with E-state index in [1.165, 1.54) is 0 Å². The highest BCUT2D eigenvalue weighted by molar-refractivity contribution is 6.76. The van der Waals surface area contributed by atoms with Crippen LogP contribution in [0.25, 0.3) is 11.0 Å². The van der Waals surface area contributed by atoms with Crippen molar-refractivity contribution in [2.75, 3.05) is 37.7 Å². The molecule has 1 saturated heterocycles. The van der Waals surface area contributed by atoms with E-state index in [1.54, 1.807) is 0 Å². The van der Waals surface area contributed by atoms with Gasteiger partial charge in [-0.15, -0.1) is 0 Å². The first kappa shape index (κ1) is 28.6. The summed E-state index contributed by atoms with van der Waals surface area (Å²) in [6.45, 7) is 18.4. The molecule has 1 N–H and O–H groups in total. The van der Waals surface area contributed by atoms with Crippen molar-refractivity contribution < 1.29 is 14.6 Å². The Balaban J connectivity index is 1.70. The maximum atomic E-state index is 13.9. The SMILES string of the molecule is CCN1CCN(c2cc3c(cc2Cl)nc(C(=O)C2(C)CCC(O)CC2)n3COCC[Si](C)(C)C)C(C)C1. The third-order valence-electron chi connectivity index (χ3n) is 8.31. The van der Waals surface area contributed by atoms with Gasteiger partial charge in [-0.3, -0.25) is 14.3 Å². The Hall–Kier alpha value is -1.45. The lowest BCUT2D eigenvalue weighted by molar-refractivity contribution is 0.0491. The molecule has 0 bridgehead atoms. The molecule has 9 heteroatoms. The molecule has 2 heterocycles. The molecule has 0 amide bonds. The Kier molecular flexibility index (Phi) is 8.75. The number of anilines is 1. The third-order valence-corrected chi connectivity index (χ3v) is 10.3. The monoisotopic (exact) mass is 548 g/mol. The number of hydrogen-bond acceptors (Lipinski definition) is 6. The smallest absolute Gasteiger partial charge is 0.204 e. The van der Waals surface area contributed by atoms with Crippen molar-refractivity contribution in [1.82, 2.24) is 14.5 Å². The number of hydrogen-bond donors (Lipinski definition) is 1. The van der Waals surface area contributed by atoms with Crippen LogP contribution < -0.4 is 4.90 Å². The third kappa shape index (κ3) is 6.41. The van der Waals surface area contributed by atoms with E-state index in [1.807, 2.05) is 17.6 Å². The number of ketones is 1. The first-order valence-corrected chi connectivity index (χ1v) is 18.0. The first-order valence-electron chi connectivity index (χ1n) is 13.9. The summed E-state index contributed by atoms with van der Waals surface area (Å²) in [6, 6.07) is 5.41. The van der Waals surface area contributed by atoms with E-state index < -0.39 is 13.5 Å². The highest BCUT2D eigenvalue weighted by atomic mass is 35.5. The zero-order valence-corrected chi connectivity index (χ0v) is 25.3. The quantitative estimate of drug-likeness (QED) is 0.248. The maximum absolute atomic E-state index is 13.9. The number of carbonyl (C=O) groups is 1. The van der Waals surface area contributed by atoms with Gasteiger partial charge in [-0.05, 0) is 57.3 Å². The van der Waals surface area contributed by atoms with Crippen LogP contribution in [0.5, 0.6) is 0 Å². The van der Waals surface area contributed by atoms with Crippen LogP contribution in [0.4, 0.5) is 5.69 Å². The lowest BCUT2D eigenvalue weighted by atomic mass is 9.71. The van der Waals surface area contributed by atoms with Gasteiger partial charge in [-0.1, -0.05) is 45.1 Å². The van der Waals surface area contributed by atoms with E-state index >= 15 is 0 Å². The van der Waals surface area contributed by atoms with Crippen LogP contribution in [0.3, 0.4) is 0 Å². The van der Waals surface area contributed by atoms with Gasteiger partial charge in [0.05, 0.1) is 27.8 Å². The molecule has 0 spiro atoms. The fraction of sp³-hybridized carbons (Fsp3) is 0.714. The lowest BCUT2D eigenvalue weighted by Crippen LogP contribution is -2.51. The Labute approximate surface area is 228 Å². The minimum absolute atomic E-state index is 0.0343. The van der Waals surface area contributed by atoms with E-state index in [4.69, 9.17) is 21.3 Å². The van der Waals surface area contributed by atoms with Crippen LogP contribution in [0.2, 0.25) is 30.7 Å². The molecule has 37 heavy (non-hydrogen) atoms. The number of aliphatic hydroxyl groups is 1. The van der Waals surface area contributed by atoms with Gasteiger partial charge < -0.3 is 14.7 Å². The Bertz CT molecular complexity index is 1110. The number of carbonyl (C=O) groups excluding carboxylic acids is 1. The average molecular weight is 549 g/mol. The molecular formula is C28H45ClN4O3Si. The summed E-state index contributed by atoms with van der Waals surface area (Å²) >= 11 is 6.84. The van der Waals surface area contributed by atoms with Gasteiger partial charge in [0.1, 0.15) is 6.73 Å². The summed E-state index contributed by atoms with van der Waals surface area (Å²) in [4.78, 5) is 23.6. The van der Waals surface area contributed by atoms with Gasteiger partial charge >= 0.3 is 0 Å². The minimum atomic E-state index is -1.24. The summed E-state index contributed by atoms with van der Waals surface area (Å²) in [6.07, 6.45) is 2.30. The zero-order valence-electron chi connectivity index (χ0n) is 23.5. The van der Waals surface area contributed by atoms with Crippen LogP contribution in [0, 0.1) is 5.41 Å². The van der Waals surface area contributed by atoms with Crippen molar-refractivity contribution in [3.8, 4) is 0 Å². The van der Waals surface area contributed by atoms with Crippen molar-refractivity contribution in [3.05, 3.63) is 23.0 Å². The fourth-order valence-electron chi connectivity index (χ4n) is 5.61. The number of rotatable bonds is 9. The second-order valence-corrected chi connectivity index (χ2v) is 18.6. The number of likely N-dealkylation sites (N-methyl/N-ethyl adjacent to an activating group) is 1. The summed E-state index contributed by atoms with van der Waals surface area (Å²) in [5.74, 6) is 0.478. The Morgan fingerprint density at radius 3 is 2.57 bits per heavy atom. The van der Waals surface area contributed by atoms with Crippen LogP contribution in [0.15, 0.2) is 12.1 Å². The van der Waals surface area contributed by atoms with Crippen molar-refractivity contribution in [2.45, 2.75) is 91.0 Å². The number of fused-ring (bicyclic) bond motifs is 1. The molecular weight excluding hydrogens is 504 g/mol. The molecule has 1 aliphatic carbocycles. The van der Waals surface area contributed by atoms with E-state index in [-0.39, 0.29) is 11.9 Å². The normalized spacial score (nSPS) is 25.7. The number of aliphatic hydroxyl groups excluding tert-OH is 1. The number of imidazole rings is 1. The molecule has 7 nitrogen and oxygen atoms in total. The summed E-state index contributed by atoms with van der Waals surface area (Å²) < 4.78 is 8.13. The van der Waals surface area contributed by atoms with Crippen molar-refractivity contribution >= 4 is 42.2 Å². The predicted molar refractivity (Wildman–Crippen MR) is 155 cm³/mol. The van der Waals surface area contributed by atoms with E-state index in [2.05, 4.69) is 49.4 Å². The number of benzene rings is 1. The molecule has 1 aromatic carbocycles. The number of Topliss-reactive ketones (excluding diaryl/α,β-unsaturated/α-hetero) is 1. The summed E-state index contributed by atoms with van der Waals surface area (Å²) in [7, 11) is -1.24. The zero-order chi connectivity index (χ0) is 27.0. The molecule has 1 atom stereocenters. The number of nitrogens with zero attached hydrogens (tertiary/aromatic N) is 4. The lowest BCUT2D eigenvalue weighted by Gasteiger charge is -2.41. The molecule has 2 fully saturated rings. The second-order valence-electron chi connectivity index (χ2n) is 12.6. The summed E-state index contributed by atoms with van der Waals surface area (Å²) in [5.41, 5.74) is 2.08. The fourth-order valence-corrected chi connectivity index (χ4v) is 6.63. The van der Waals surface area contributed by atoms with Gasteiger partial charge in [-0.2, -0.15) is 0 Å². The van der Waals surface area contributed by atoms with Crippen LogP contribution in [-0.2, 0) is 11.5 Å². The maximum Gasteiger partial charge on any atom is 0.204 e. The first-order chi connectivity index (χ1) is 17.4. The highest BCUT2D eigenvalue weighted by Crippen LogP contribution is 2.40. The molecule has 2 aromatic rings. The number of aromatic nitrogens is 2. The second kappa shape index (κ2) is 11.3. The van der Waals surface area contributed by atoms with Crippen molar-refractivity contribution in [2.24, 2.45) is 5.41 Å². The van der Waals surface area contributed by atoms with Gasteiger partial charge in [0.2, 0.25) is 5.78 Å². The Morgan fingerprint density at radius 2 is 1.95 bits per heavy atom. The van der Waals surface area contributed by atoms with Crippen LogP contribution in [-0.4, -0.2) is 78.3 Å². The number of ether oxygens (including phenoxy) is 1. The minimum Gasteiger partial charge on any atom is -0.393 e. The van der Waals surface area contributed by atoms with Gasteiger partial charge in [-0.25, -0.2) is 4.98 Å². The summed E-state index contributed by atoms with van der Waals surface area (Å²) in [5, 5.41) is 10.7. The largest absolute Gasteiger partial charge is 0.393 e. The molecule has 206 valence electrons. The van der Waals surface area contributed by atoms with Crippen LogP contribution in [0.1, 0.15) is 57.1 Å². The van der Waals surface area contributed by atoms with E-state index in [9.17, 15) is 9.90 Å². The highest BCUT2D eigenvalue weighted by Gasteiger charge is 2.40. The van der Waals surface area contributed by atoms with E-state index in [0.717, 1.165) is 48.9 Å². The molecule has 2 aliphatic rings. The van der Waals surface area contributed by atoms with Crippen LogP contribution >= 0.6 is 11.6 Å². The van der Waals surface area contributed by atoms with Crippen molar-refractivity contribution in [1.29, 1.82) is 0 Å². The van der Waals surface area contributed by atoms with Gasteiger partial charge in [0.25, 0.3) is 0 Å². The number of piperazine rings is 1. The predicted octanol–water partition coefficient (Wildman–Crippen LogP) is 5.66. The molecule has 1 unspecified atom stereocenters. The molecule has 0 radical (unpaired) electrons. The number of halogens is 1. The topological polar surface area (TPSA) is 70.8 Å². The van der Waals surface area contributed by atoms with E-state index in [0.29, 0.717) is 55.9 Å². The molecule has 1 aliphatic heterocycles. The Morgan fingerprint density at radius 1 is 1.24 bits per heavy atom. The van der Waals surface area contributed by atoms with Gasteiger partial charge in [0, 0.05) is 45.8 Å². The molecule has 1 aromatic heterocycles.